The predicted octanol–water partition coefficient (Wildman–Crippen LogP) is 1.41. The van der Waals surface area contributed by atoms with Crippen LogP contribution in [-0.4, -0.2) is 68.6 Å². The minimum absolute atomic E-state index is 0.264. The predicted molar refractivity (Wildman–Crippen MR) is 125 cm³/mol. The molecule has 178 valence electrons. The van der Waals surface area contributed by atoms with Gasteiger partial charge in [0.1, 0.15) is 0 Å². The first-order valence-electron chi connectivity index (χ1n) is 11.2. The molecule has 10 heteroatoms. The number of aromatic nitrogens is 2. The zero-order valence-electron chi connectivity index (χ0n) is 19.6. The summed E-state index contributed by atoms with van der Waals surface area (Å²) in [4.78, 5) is 26.1. The Balaban J connectivity index is 1.45. The van der Waals surface area contributed by atoms with Crippen LogP contribution in [0.1, 0.15) is 33.5 Å². The Morgan fingerprint density at radius 2 is 1.76 bits per heavy atom. The van der Waals surface area contributed by atoms with Gasteiger partial charge in [0.2, 0.25) is 21.9 Å². The van der Waals surface area contributed by atoms with Crippen LogP contribution in [0.4, 0.5) is 5.95 Å². The van der Waals surface area contributed by atoms with Gasteiger partial charge in [0.15, 0.2) is 0 Å². The summed E-state index contributed by atoms with van der Waals surface area (Å²) in [5, 5.41) is 0. The lowest BCUT2D eigenvalue weighted by Crippen LogP contribution is -2.43. The van der Waals surface area contributed by atoms with Gasteiger partial charge in [-0.2, -0.15) is 0 Å². The molecule has 2 aliphatic heterocycles. The summed E-state index contributed by atoms with van der Waals surface area (Å²) in [7, 11) is -3.82. The van der Waals surface area contributed by atoms with E-state index in [9.17, 15) is 13.2 Å². The number of anilines is 1. The molecular formula is C23H31N5O4S. The number of amides is 1. The fraction of sp³-hybridized carbons (Fsp3) is 0.522. The molecule has 1 aromatic carbocycles. The third kappa shape index (κ3) is 4.87. The van der Waals surface area contributed by atoms with E-state index in [1.165, 1.54) is 0 Å². The Morgan fingerprint density at radius 3 is 2.42 bits per heavy atom. The second kappa shape index (κ2) is 9.36. The maximum atomic E-state index is 13.1. The van der Waals surface area contributed by atoms with Gasteiger partial charge < -0.3 is 14.5 Å². The molecule has 1 fully saturated rings. The molecule has 0 unspecified atom stereocenters. The number of nitrogens with zero attached hydrogens (tertiary/aromatic N) is 4. The van der Waals surface area contributed by atoms with Crippen LogP contribution in [-0.2, 0) is 32.5 Å². The fourth-order valence-corrected chi connectivity index (χ4v) is 5.93. The van der Waals surface area contributed by atoms with Crippen LogP contribution in [0.3, 0.4) is 0 Å². The highest BCUT2D eigenvalue weighted by Gasteiger charge is 2.27. The normalized spacial score (nSPS) is 16.6. The van der Waals surface area contributed by atoms with E-state index >= 15 is 0 Å². The van der Waals surface area contributed by atoms with Crippen molar-refractivity contribution in [2.45, 2.75) is 45.6 Å². The monoisotopic (exact) mass is 473 g/mol. The molecule has 33 heavy (non-hydrogen) atoms. The Hall–Kier alpha value is -2.56. The van der Waals surface area contributed by atoms with Crippen molar-refractivity contribution in [1.82, 2.24) is 19.6 Å². The first-order chi connectivity index (χ1) is 15.7. The molecule has 1 saturated heterocycles. The summed E-state index contributed by atoms with van der Waals surface area (Å²) in [6.07, 6.45) is 2.48. The number of carbonyl (C=O) groups is 1. The Bertz CT molecular complexity index is 1150. The summed E-state index contributed by atoms with van der Waals surface area (Å²) in [5.41, 5.74) is 5.07. The molecule has 2 aliphatic rings. The summed E-state index contributed by atoms with van der Waals surface area (Å²) in [6, 6.07) is 1.98. The first-order valence-corrected chi connectivity index (χ1v) is 12.7. The molecule has 4 rings (SSSR count). The van der Waals surface area contributed by atoms with Gasteiger partial charge in [-0.1, -0.05) is 6.07 Å². The first kappa shape index (κ1) is 23.6. The topological polar surface area (TPSA) is 105 Å². The molecule has 1 amide bonds. The second-order valence-corrected chi connectivity index (χ2v) is 10.4. The van der Waals surface area contributed by atoms with E-state index in [0.29, 0.717) is 49.8 Å². The maximum absolute atomic E-state index is 13.1. The molecular weight excluding hydrogens is 442 g/mol. The van der Waals surface area contributed by atoms with Crippen LogP contribution in [0.2, 0.25) is 0 Å². The molecule has 0 bridgehead atoms. The average molecular weight is 474 g/mol. The molecule has 3 heterocycles. The van der Waals surface area contributed by atoms with Crippen molar-refractivity contribution in [3.63, 3.8) is 0 Å². The quantitative estimate of drug-likeness (QED) is 0.700. The van der Waals surface area contributed by atoms with Crippen LogP contribution in [0.25, 0.3) is 0 Å². The SMILES string of the molecule is Cc1cc(C)c(C)c(S(=O)(=O)NCC(=O)N2CCc3cnc(N4CCOCC4)nc3C2)c1C. The molecule has 2 aromatic rings. The van der Waals surface area contributed by atoms with Gasteiger partial charge >= 0.3 is 0 Å². The fourth-order valence-electron chi connectivity index (χ4n) is 4.35. The minimum Gasteiger partial charge on any atom is -0.378 e. The Morgan fingerprint density at radius 1 is 1.09 bits per heavy atom. The lowest BCUT2D eigenvalue weighted by atomic mass is 10.0. The van der Waals surface area contributed by atoms with E-state index in [1.807, 2.05) is 26.1 Å². The molecule has 1 N–H and O–H groups in total. The molecule has 0 atom stereocenters. The number of rotatable bonds is 5. The number of sulfonamides is 1. The third-order valence-corrected chi connectivity index (χ3v) is 8.23. The highest BCUT2D eigenvalue weighted by Crippen LogP contribution is 2.26. The van der Waals surface area contributed by atoms with Crippen molar-refractivity contribution >= 4 is 21.9 Å². The molecule has 1 aromatic heterocycles. The molecule has 0 radical (unpaired) electrons. The Labute approximate surface area is 195 Å². The second-order valence-electron chi connectivity index (χ2n) is 8.72. The molecule has 0 spiro atoms. The number of fused-ring (bicyclic) bond motifs is 1. The zero-order valence-corrected chi connectivity index (χ0v) is 20.5. The lowest BCUT2D eigenvalue weighted by molar-refractivity contribution is -0.130. The Kier molecular flexibility index (Phi) is 6.69. The molecule has 9 nitrogen and oxygen atoms in total. The van der Waals surface area contributed by atoms with Gasteiger partial charge in [-0.3, -0.25) is 4.79 Å². The van der Waals surface area contributed by atoms with E-state index in [1.54, 1.807) is 18.7 Å². The number of aryl methyl sites for hydroxylation is 2. The van der Waals surface area contributed by atoms with Crippen LogP contribution < -0.4 is 9.62 Å². The number of morpholine rings is 1. The van der Waals surface area contributed by atoms with Gasteiger partial charge in [-0.15, -0.1) is 0 Å². The van der Waals surface area contributed by atoms with Crippen molar-refractivity contribution < 1.29 is 17.9 Å². The van der Waals surface area contributed by atoms with E-state index in [2.05, 4.69) is 14.6 Å². The number of hydrogen-bond acceptors (Lipinski definition) is 7. The van der Waals surface area contributed by atoms with Gasteiger partial charge in [-0.05, 0) is 61.9 Å². The van der Waals surface area contributed by atoms with E-state index in [0.717, 1.165) is 35.5 Å². The third-order valence-electron chi connectivity index (χ3n) is 6.56. The number of nitrogens with one attached hydrogen (secondary N) is 1. The van der Waals surface area contributed by atoms with Crippen LogP contribution in [0.5, 0.6) is 0 Å². The van der Waals surface area contributed by atoms with Crippen molar-refractivity contribution in [3.05, 3.63) is 45.8 Å². The lowest BCUT2D eigenvalue weighted by Gasteiger charge is -2.31. The van der Waals surface area contributed by atoms with Gasteiger partial charge in [0.25, 0.3) is 0 Å². The van der Waals surface area contributed by atoms with Crippen LogP contribution in [0, 0.1) is 27.7 Å². The zero-order chi connectivity index (χ0) is 23.8. The summed E-state index contributed by atoms with van der Waals surface area (Å²) < 4.78 is 34.0. The number of hydrogen-bond donors (Lipinski definition) is 1. The number of ether oxygens (including phenoxy) is 1. The van der Waals surface area contributed by atoms with Crippen molar-refractivity contribution in [2.75, 3.05) is 44.3 Å². The minimum atomic E-state index is -3.82. The van der Waals surface area contributed by atoms with Crippen LogP contribution >= 0.6 is 0 Å². The van der Waals surface area contributed by atoms with E-state index in [4.69, 9.17) is 9.72 Å². The molecule has 0 saturated carbocycles. The standard InChI is InChI=1S/C23H31N5O4S/c1-15-11-16(2)18(4)22(17(15)3)33(30,31)25-13-21(29)28-6-5-19-12-24-23(26-20(19)14-28)27-7-9-32-10-8-27/h11-12,25H,5-10,13-14H2,1-4H3. The van der Waals surface area contributed by atoms with Gasteiger partial charge in [0, 0.05) is 25.8 Å². The summed E-state index contributed by atoms with van der Waals surface area (Å²) in [5.74, 6) is 0.378. The summed E-state index contributed by atoms with van der Waals surface area (Å²) in [6.45, 7) is 10.7. The van der Waals surface area contributed by atoms with E-state index < -0.39 is 10.0 Å². The van der Waals surface area contributed by atoms with Gasteiger partial charge in [-0.25, -0.2) is 23.1 Å². The van der Waals surface area contributed by atoms with E-state index in [-0.39, 0.29) is 17.3 Å². The van der Waals surface area contributed by atoms with Crippen molar-refractivity contribution in [3.8, 4) is 0 Å². The largest absolute Gasteiger partial charge is 0.378 e. The number of benzene rings is 1. The highest BCUT2D eigenvalue weighted by molar-refractivity contribution is 7.89. The van der Waals surface area contributed by atoms with Crippen LogP contribution in [0.15, 0.2) is 17.2 Å². The maximum Gasteiger partial charge on any atom is 0.241 e. The summed E-state index contributed by atoms with van der Waals surface area (Å²) >= 11 is 0. The van der Waals surface area contributed by atoms with Crippen molar-refractivity contribution in [2.24, 2.45) is 0 Å². The molecule has 0 aliphatic carbocycles. The number of carbonyl (C=O) groups excluding carboxylic acids is 1. The smallest absolute Gasteiger partial charge is 0.241 e. The highest BCUT2D eigenvalue weighted by atomic mass is 32.2. The van der Waals surface area contributed by atoms with Crippen molar-refractivity contribution in [1.29, 1.82) is 0 Å². The van der Waals surface area contributed by atoms with Gasteiger partial charge in [0.05, 0.1) is 36.9 Å². The average Bonchev–Trinajstić information content (AvgIpc) is 2.81.